The summed E-state index contributed by atoms with van der Waals surface area (Å²) >= 11 is 0. The van der Waals surface area contributed by atoms with Gasteiger partial charge in [-0.1, -0.05) is 12.1 Å². The molecule has 0 N–H and O–H groups in total. The maximum absolute atomic E-state index is 12.7. The van der Waals surface area contributed by atoms with Crippen molar-refractivity contribution in [3.05, 3.63) is 57.9 Å². The van der Waals surface area contributed by atoms with E-state index in [9.17, 15) is 23.3 Å². The molecule has 1 heterocycles. The van der Waals surface area contributed by atoms with Gasteiger partial charge in [0.25, 0.3) is 0 Å². The summed E-state index contributed by atoms with van der Waals surface area (Å²) in [5.41, 5.74) is 0.698. The summed E-state index contributed by atoms with van der Waals surface area (Å²) in [6.07, 6.45) is -2.37. The molecule has 2 aromatic rings. The van der Waals surface area contributed by atoms with Gasteiger partial charge in [-0.3, -0.25) is 19.7 Å². The van der Waals surface area contributed by atoms with Crippen LogP contribution in [0.4, 0.5) is 18.9 Å². The molecule has 0 radical (unpaired) electrons. The molecule has 10 heteroatoms. The van der Waals surface area contributed by atoms with Crippen molar-refractivity contribution in [1.29, 1.82) is 5.26 Å². The van der Waals surface area contributed by atoms with Crippen molar-refractivity contribution in [2.24, 2.45) is 0 Å². The third kappa shape index (κ3) is 5.06. The van der Waals surface area contributed by atoms with Gasteiger partial charge < -0.3 is 0 Å². The molecule has 0 saturated heterocycles. The number of benzene rings is 1. The Hall–Kier alpha value is -2.93. The molecule has 1 aromatic heterocycles. The molecule has 7 nitrogen and oxygen atoms in total. The maximum atomic E-state index is 12.7. The van der Waals surface area contributed by atoms with Gasteiger partial charge in [0.15, 0.2) is 0 Å². The van der Waals surface area contributed by atoms with Gasteiger partial charge in [-0.05, 0) is 17.7 Å². The molecule has 0 atom stereocenters. The second-order valence-corrected chi connectivity index (χ2v) is 5.05. The molecular weight excluding hydrogens is 327 g/mol. The van der Waals surface area contributed by atoms with Gasteiger partial charge in [0.1, 0.15) is 12.4 Å². The number of alkyl halides is 3. The zero-order valence-corrected chi connectivity index (χ0v) is 12.3. The monoisotopic (exact) mass is 339 g/mol. The lowest BCUT2D eigenvalue weighted by Gasteiger charge is -2.23. The first-order valence-electron chi connectivity index (χ1n) is 6.72. The summed E-state index contributed by atoms with van der Waals surface area (Å²) < 4.78 is 39.3. The molecule has 0 fully saturated rings. The highest BCUT2D eigenvalue weighted by atomic mass is 19.4. The van der Waals surface area contributed by atoms with E-state index in [-0.39, 0.29) is 18.9 Å². The van der Waals surface area contributed by atoms with Gasteiger partial charge >= 0.3 is 11.9 Å². The molecule has 0 bridgehead atoms. The van der Waals surface area contributed by atoms with E-state index < -0.39 is 17.6 Å². The number of nitrogens with zero attached hydrogens (tertiary/aromatic N) is 5. The predicted molar refractivity (Wildman–Crippen MR) is 76.5 cm³/mol. The Labute approximate surface area is 134 Å². The Kier molecular flexibility index (Phi) is 5.15. The Morgan fingerprint density at radius 2 is 2.00 bits per heavy atom. The van der Waals surface area contributed by atoms with Crippen molar-refractivity contribution in [3.63, 3.8) is 0 Å². The summed E-state index contributed by atoms with van der Waals surface area (Å²) in [6.45, 7) is -1.49. The quantitative estimate of drug-likeness (QED) is 0.596. The van der Waals surface area contributed by atoms with Crippen molar-refractivity contribution >= 4 is 5.69 Å². The number of nitro groups is 1. The van der Waals surface area contributed by atoms with Crippen LogP contribution in [0.5, 0.6) is 0 Å². The average Bonchev–Trinajstić information content (AvgIpc) is 2.95. The van der Waals surface area contributed by atoms with E-state index in [1.54, 1.807) is 12.1 Å². The van der Waals surface area contributed by atoms with Crippen molar-refractivity contribution in [1.82, 2.24) is 14.7 Å². The summed E-state index contributed by atoms with van der Waals surface area (Å²) in [6, 6.07) is 8.08. The number of halogens is 3. The first kappa shape index (κ1) is 17.4. The highest BCUT2D eigenvalue weighted by Gasteiger charge is 2.31. The molecule has 0 amide bonds. The van der Waals surface area contributed by atoms with Crippen LogP contribution >= 0.6 is 0 Å². The van der Waals surface area contributed by atoms with E-state index in [4.69, 9.17) is 5.26 Å². The molecule has 0 aliphatic carbocycles. The second kappa shape index (κ2) is 7.10. The highest BCUT2D eigenvalue weighted by Crippen LogP contribution is 2.19. The number of hydrogen-bond donors (Lipinski definition) is 0. The van der Waals surface area contributed by atoms with Crippen LogP contribution in [0.2, 0.25) is 0 Å². The molecule has 0 saturated carbocycles. The number of aromatic nitrogens is 2. The van der Waals surface area contributed by atoms with E-state index >= 15 is 0 Å². The first-order valence-corrected chi connectivity index (χ1v) is 6.72. The minimum Gasteiger partial charge on any atom is -0.271 e. The van der Waals surface area contributed by atoms with Crippen molar-refractivity contribution < 1.29 is 18.1 Å². The Morgan fingerprint density at radius 1 is 1.33 bits per heavy atom. The fraction of sp³-hybridized carbons (Fsp3) is 0.286. The molecule has 126 valence electrons. The summed E-state index contributed by atoms with van der Waals surface area (Å²) in [7, 11) is 0. The smallest absolute Gasteiger partial charge is 0.271 e. The lowest BCUT2D eigenvalue weighted by Crippen LogP contribution is -2.35. The number of nitriles is 1. The predicted octanol–water partition coefficient (Wildman–Crippen LogP) is 2.68. The van der Waals surface area contributed by atoms with Crippen LogP contribution in [0.15, 0.2) is 36.7 Å². The van der Waals surface area contributed by atoms with Crippen LogP contribution in [0.25, 0.3) is 0 Å². The van der Waals surface area contributed by atoms with Crippen LogP contribution in [0.3, 0.4) is 0 Å². The Bertz CT molecular complexity index is 749. The normalized spacial score (nSPS) is 11.5. The van der Waals surface area contributed by atoms with Gasteiger partial charge in [0.05, 0.1) is 29.8 Å². The zero-order valence-electron chi connectivity index (χ0n) is 12.3. The van der Waals surface area contributed by atoms with Gasteiger partial charge in [-0.2, -0.15) is 23.5 Å². The Balaban J connectivity index is 2.13. The number of rotatable bonds is 6. The zero-order chi connectivity index (χ0) is 17.7. The largest absolute Gasteiger partial charge is 0.401 e. The fourth-order valence-electron chi connectivity index (χ4n) is 2.08. The maximum Gasteiger partial charge on any atom is 0.401 e. The van der Waals surface area contributed by atoms with Crippen molar-refractivity contribution in [3.8, 4) is 6.07 Å². The topological polar surface area (TPSA) is 88.0 Å². The summed E-state index contributed by atoms with van der Waals surface area (Å²) in [5, 5.41) is 23.0. The third-order valence-corrected chi connectivity index (χ3v) is 3.07. The highest BCUT2D eigenvalue weighted by molar-refractivity contribution is 5.31. The lowest BCUT2D eigenvalue weighted by atomic mass is 10.1. The van der Waals surface area contributed by atoms with Crippen LogP contribution < -0.4 is 0 Å². The minimum absolute atomic E-state index is 0.0428. The van der Waals surface area contributed by atoms with Crippen LogP contribution in [-0.2, 0) is 13.2 Å². The van der Waals surface area contributed by atoms with Gasteiger partial charge in [0.2, 0.25) is 0 Å². The van der Waals surface area contributed by atoms with Crippen molar-refractivity contribution in [2.45, 2.75) is 19.4 Å². The Morgan fingerprint density at radius 3 is 2.50 bits per heavy atom. The van der Waals surface area contributed by atoms with E-state index in [2.05, 4.69) is 5.10 Å². The second-order valence-electron chi connectivity index (χ2n) is 5.05. The molecular formula is C14H12F3N5O2. The van der Waals surface area contributed by atoms with Gasteiger partial charge in [-0.25, -0.2) is 0 Å². The van der Waals surface area contributed by atoms with E-state index in [0.717, 1.165) is 22.0 Å². The van der Waals surface area contributed by atoms with Crippen molar-refractivity contribution in [2.75, 3.05) is 6.54 Å². The molecule has 0 aliphatic rings. The molecule has 1 aromatic carbocycles. The summed E-state index contributed by atoms with van der Waals surface area (Å²) in [5.74, 6) is 0. The van der Waals surface area contributed by atoms with Crippen LogP contribution in [0.1, 0.15) is 11.1 Å². The van der Waals surface area contributed by atoms with Crippen LogP contribution in [-0.4, -0.2) is 32.3 Å². The SMILES string of the molecule is N#Cc1ccc(CN(Cn2cc([N+](=O)[O-])cn2)CC(F)(F)F)cc1. The fourth-order valence-corrected chi connectivity index (χ4v) is 2.08. The number of hydrogen-bond acceptors (Lipinski definition) is 5. The van der Waals surface area contributed by atoms with E-state index in [1.807, 2.05) is 6.07 Å². The van der Waals surface area contributed by atoms with Gasteiger partial charge in [0, 0.05) is 6.54 Å². The van der Waals surface area contributed by atoms with E-state index in [1.165, 1.54) is 12.1 Å². The molecule has 24 heavy (non-hydrogen) atoms. The lowest BCUT2D eigenvalue weighted by molar-refractivity contribution is -0.385. The average molecular weight is 339 g/mol. The van der Waals surface area contributed by atoms with Crippen LogP contribution in [0, 0.1) is 21.4 Å². The molecule has 0 unspecified atom stereocenters. The molecule has 2 rings (SSSR count). The van der Waals surface area contributed by atoms with E-state index in [0.29, 0.717) is 11.1 Å². The first-order chi connectivity index (χ1) is 11.3. The minimum atomic E-state index is -4.42. The molecule has 0 spiro atoms. The molecule has 0 aliphatic heterocycles. The standard InChI is InChI=1S/C14H12F3N5O2/c15-14(16,17)9-20(7-12-3-1-11(5-18)2-4-12)10-21-8-13(6-19-21)22(23)24/h1-4,6,8H,7,9-10H2. The van der Waals surface area contributed by atoms with Gasteiger partial charge in [-0.15, -0.1) is 0 Å². The summed E-state index contributed by atoms with van der Waals surface area (Å²) in [4.78, 5) is 11.0. The third-order valence-electron chi connectivity index (χ3n) is 3.07.